The first kappa shape index (κ1) is 10.5. The van der Waals surface area contributed by atoms with Crippen molar-refractivity contribution in [1.29, 1.82) is 0 Å². The van der Waals surface area contributed by atoms with E-state index in [0.717, 1.165) is 12.8 Å². The van der Waals surface area contributed by atoms with Crippen LogP contribution in [0.15, 0.2) is 0 Å². The van der Waals surface area contributed by atoms with Gasteiger partial charge in [0.05, 0.1) is 7.85 Å². The lowest BCUT2D eigenvalue weighted by molar-refractivity contribution is -0.142. The lowest BCUT2D eigenvalue weighted by Crippen LogP contribution is -2.44. The Kier molecular flexibility index (Phi) is 4.19. The van der Waals surface area contributed by atoms with E-state index in [0.29, 0.717) is 12.7 Å². The molecular weight excluding hydrogens is 141 g/mol. The van der Waals surface area contributed by atoms with Gasteiger partial charge in [0, 0.05) is 0 Å². The third-order valence-corrected chi connectivity index (χ3v) is 1.64. The third kappa shape index (κ3) is 4.04. The van der Waals surface area contributed by atoms with Crippen LogP contribution in [0.1, 0.15) is 26.2 Å². The van der Waals surface area contributed by atoms with Gasteiger partial charge in [-0.05, 0) is 13.3 Å². The van der Waals surface area contributed by atoms with E-state index >= 15 is 0 Å². The molecule has 0 heterocycles. The minimum Gasteiger partial charge on any atom is -0.480 e. The highest BCUT2D eigenvalue weighted by Gasteiger charge is 2.26. The van der Waals surface area contributed by atoms with Crippen molar-refractivity contribution in [3.8, 4) is 0 Å². The Bertz CT molecular complexity index is 136. The van der Waals surface area contributed by atoms with E-state index in [1.807, 2.05) is 0 Å². The zero-order chi connectivity index (χ0) is 8.91. The molecule has 0 amide bonds. The van der Waals surface area contributed by atoms with E-state index in [9.17, 15) is 4.79 Å². The van der Waals surface area contributed by atoms with Gasteiger partial charge in [-0.3, -0.25) is 4.79 Å². The van der Waals surface area contributed by atoms with Crippen LogP contribution in [0.5, 0.6) is 0 Å². The summed E-state index contributed by atoms with van der Waals surface area (Å²) < 4.78 is 0. The van der Waals surface area contributed by atoms with Crippen LogP contribution in [-0.2, 0) is 4.79 Å². The van der Waals surface area contributed by atoms with Gasteiger partial charge in [-0.2, -0.15) is 0 Å². The summed E-state index contributed by atoms with van der Waals surface area (Å²) in [4.78, 5) is 10.5. The van der Waals surface area contributed by atoms with Gasteiger partial charge in [0.2, 0.25) is 0 Å². The van der Waals surface area contributed by atoms with E-state index in [4.69, 9.17) is 18.7 Å². The molecule has 1 atom stereocenters. The summed E-state index contributed by atoms with van der Waals surface area (Å²) in [5.74, 6) is -0.950. The van der Waals surface area contributed by atoms with Gasteiger partial charge >= 0.3 is 5.97 Å². The van der Waals surface area contributed by atoms with E-state index in [-0.39, 0.29) is 0 Å². The summed E-state index contributed by atoms with van der Waals surface area (Å²) in [6.07, 6.45) is 2.69. The minimum absolute atomic E-state index is 0.486. The van der Waals surface area contributed by atoms with Crippen LogP contribution in [-0.4, -0.2) is 24.5 Å². The van der Waals surface area contributed by atoms with Gasteiger partial charge in [0.25, 0.3) is 0 Å². The highest BCUT2D eigenvalue weighted by Crippen LogP contribution is 2.11. The molecular formula is C7H14BNO2. The van der Waals surface area contributed by atoms with Gasteiger partial charge in [0.15, 0.2) is 0 Å². The number of carboxylic acid groups (broad SMARTS) is 1. The lowest BCUT2D eigenvalue weighted by Gasteiger charge is -2.18. The zero-order valence-electron chi connectivity index (χ0n) is 6.84. The number of hydrogen-bond donors (Lipinski definition) is 2. The largest absolute Gasteiger partial charge is 0.480 e. The molecule has 0 saturated carbocycles. The molecule has 1 unspecified atom stereocenters. The van der Waals surface area contributed by atoms with Crippen LogP contribution in [0.3, 0.4) is 0 Å². The Hall–Kier alpha value is -0.505. The standard InChI is InChI=1S/C7H14BNO2/c1-7(9,6(10)11)4-2-3-5-8/h2-5,9H2,1H3,(H,10,11). The number of carbonyl (C=O) groups is 1. The van der Waals surface area contributed by atoms with Crippen molar-refractivity contribution >= 4 is 13.8 Å². The molecule has 62 valence electrons. The van der Waals surface area contributed by atoms with Crippen LogP contribution < -0.4 is 5.73 Å². The monoisotopic (exact) mass is 155 g/mol. The molecule has 0 rings (SSSR count). The Morgan fingerprint density at radius 2 is 2.18 bits per heavy atom. The van der Waals surface area contributed by atoms with Crippen molar-refractivity contribution < 1.29 is 9.90 Å². The molecule has 0 aliphatic rings. The number of aliphatic carboxylic acids is 1. The van der Waals surface area contributed by atoms with E-state index in [1.165, 1.54) is 6.92 Å². The predicted molar refractivity (Wildman–Crippen MR) is 44.6 cm³/mol. The van der Waals surface area contributed by atoms with Crippen LogP contribution in [0, 0.1) is 0 Å². The Morgan fingerprint density at radius 3 is 2.55 bits per heavy atom. The van der Waals surface area contributed by atoms with E-state index in [1.54, 1.807) is 0 Å². The topological polar surface area (TPSA) is 63.3 Å². The first-order valence-electron chi connectivity index (χ1n) is 3.73. The number of unbranched alkanes of at least 4 members (excludes halogenated alkanes) is 1. The Morgan fingerprint density at radius 1 is 1.64 bits per heavy atom. The Labute approximate surface area is 68.4 Å². The van der Waals surface area contributed by atoms with Gasteiger partial charge in [-0.1, -0.05) is 19.2 Å². The van der Waals surface area contributed by atoms with Crippen molar-refractivity contribution in [1.82, 2.24) is 0 Å². The Balaban J connectivity index is 3.64. The van der Waals surface area contributed by atoms with Crippen LogP contribution in [0.2, 0.25) is 6.32 Å². The number of rotatable bonds is 5. The highest BCUT2D eigenvalue weighted by atomic mass is 16.4. The summed E-state index contributed by atoms with van der Waals surface area (Å²) >= 11 is 0. The highest BCUT2D eigenvalue weighted by molar-refractivity contribution is 6.08. The molecule has 0 fully saturated rings. The fourth-order valence-corrected chi connectivity index (χ4v) is 0.743. The molecule has 2 radical (unpaired) electrons. The lowest BCUT2D eigenvalue weighted by atomic mass is 9.92. The second-order valence-corrected chi connectivity index (χ2v) is 2.97. The summed E-state index contributed by atoms with van der Waals surface area (Å²) in [6, 6.07) is 0. The number of hydrogen-bond acceptors (Lipinski definition) is 2. The average Bonchev–Trinajstić information content (AvgIpc) is 1.88. The second kappa shape index (κ2) is 4.39. The fourth-order valence-electron chi connectivity index (χ4n) is 0.743. The second-order valence-electron chi connectivity index (χ2n) is 2.97. The SMILES string of the molecule is [B]CCCCC(C)(N)C(=O)O. The van der Waals surface area contributed by atoms with Gasteiger partial charge in [-0.25, -0.2) is 0 Å². The average molecular weight is 155 g/mol. The van der Waals surface area contributed by atoms with Crippen LogP contribution in [0.25, 0.3) is 0 Å². The maximum absolute atomic E-state index is 10.5. The first-order valence-corrected chi connectivity index (χ1v) is 3.73. The summed E-state index contributed by atoms with van der Waals surface area (Å²) in [5.41, 5.74) is 4.37. The molecule has 0 bridgehead atoms. The normalized spacial score (nSPS) is 15.8. The molecule has 3 N–H and O–H groups in total. The molecule has 0 aliphatic carbocycles. The zero-order valence-corrected chi connectivity index (χ0v) is 6.84. The smallest absolute Gasteiger partial charge is 0.323 e. The van der Waals surface area contributed by atoms with Crippen LogP contribution >= 0.6 is 0 Å². The minimum atomic E-state index is -1.09. The molecule has 0 aromatic heterocycles. The van der Waals surface area contributed by atoms with Crippen molar-refractivity contribution in [3.63, 3.8) is 0 Å². The first-order chi connectivity index (χ1) is 5.00. The maximum Gasteiger partial charge on any atom is 0.323 e. The molecule has 0 spiro atoms. The molecule has 0 aromatic rings. The van der Waals surface area contributed by atoms with E-state index < -0.39 is 11.5 Å². The molecule has 0 aliphatic heterocycles. The molecule has 0 saturated heterocycles. The molecule has 4 heteroatoms. The predicted octanol–water partition coefficient (Wildman–Crippen LogP) is 0.545. The third-order valence-electron chi connectivity index (χ3n) is 1.64. The van der Waals surface area contributed by atoms with E-state index in [2.05, 4.69) is 0 Å². The van der Waals surface area contributed by atoms with Gasteiger partial charge in [-0.15, -0.1) is 0 Å². The summed E-state index contributed by atoms with van der Waals surface area (Å²) in [5, 5.41) is 8.58. The maximum atomic E-state index is 10.5. The quantitative estimate of drug-likeness (QED) is 0.450. The van der Waals surface area contributed by atoms with Crippen molar-refractivity contribution in [2.75, 3.05) is 0 Å². The fraction of sp³-hybridized carbons (Fsp3) is 0.857. The van der Waals surface area contributed by atoms with Crippen molar-refractivity contribution in [3.05, 3.63) is 0 Å². The van der Waals surface area contributed by atoms with Crippen molar-refractivity contribution in [2.45, 2.75) is 38.0 Å². The van der Waals surface area contributed by atoms with Crippen molar-refractivity contribution in [2.24, 2.45) is 5.73 Å². The summed E-state index contributed by atoms with van der Waals surface area (Å²) in [6.45, 7) is 1.52. The number of nitrogens with two attached hydrogens (primary N) is 1. The number of carboxylic acids is 1. The van der Waals surface area contributed by atoms with Crippen LogP contribution in [0.4, 0.5) is 0 Å². The van der Waals surface area contributed by atoms with Gasteiger partial charge < -0.3 is 10.8 Å². The molecule has 3 nitrogen and oxygen atoms in total. The molecule has 11 heavy (non-hydrogen) atoms. The molecule has 0 aromatic carbocycles. The van der Waals surface area contributed by atoms with Gasteiger partial charge in [0.1, 0.15) is 5.54 Å². The summed E-state index contributed by atoms with van der Waals surface area (Å²) in [7, 11) is 5.25.